The molecule has 0 aliphatic carbocycles. The largest absolute Gasteiger partial charge is 0.354 e. The molecule has 6 heteroatoms. The summed E-state index contributed by atoms with van der Waals surface area (Å²) >= 11 is 0. The van der Waals surface area contributed by atoms with E-state index in [1.54, 1.807) is 13.8 Å². The lowest BCUT2D eigenvalue weighted by Gasteiger charge is -2.17. The van der Waals surface area contributed by atoms with E-state index in [9.17, 15) is 9.59 Å². The minimum atomic E-state index is -0.968. The number of rotatable bonds is 6. The molecule has 1 aromatic rings. The first-order chi connectivity index (χ1) is 8.89. The van der Waals surface area contributed by atoms with Crippen molar-refractivity contribution < 1.29 is 9.59 Å². The van der Waals surface area contributed by atoms with Gasteiger partial charge >= 0.3 is 0 Å². The van der Waals surface area contributed by atoms with Crippen molar-refractivity contribution in [1.82, 2.24) is 10.6 Å². The maximum atomic E-state index is 11.5. The van der Waals surface area contributed by atoms with Gasteiger partial charge in [-0.05, 0) is 25.8 Å². The third-order valence-corrected chi connectivity index (χ3v) is 2.57. The summed E-state index contributed by atoms with van der Waals surface area (Å²) in [7, 11) is 0. The van der Waals surface area contributed by atoms with Gasteiger partial charge in [-0.3, -0.25) is 9.59 Å². The van der Waals surface area contributed by atoms with Gasteiger partial charge in [-0.2, -0.15) is 0 Å². The number of carbonyl (C=O) groups excluding carboxylic acids is 2. The van der Waals surface area contributed by atoms with Gasteiger partial charge in [0.2, 0.25) is 11.8 Å². The molecule has 0 aliphatic rings. The normalized spacial score (nSPS) is 10.3. The van der Waals surface area contributed by atoms with Crippen LogP contribution in [-0.2, 0) is 16.0 Å². The highest BCUT2D eigenvalue weighted by Gasteiger charge is 2.21. The van der Waals surface area contributed by atoms with Crippen molar-refractivity contribution in [3.8, 4) is 0 Å². The smallest absolute Gasteiger partial charge is 0.239 e. The second-order valence-corrected chi connectivity index (χ2v) is 4.99. The van der Waals surface area contributed by atoms with E-state index in [-0.39, 0.29) is 30.8 Å². The number of nitrogens with one attached hydrogen (secondary N) is 2. The van der Waals surface area contributed by atoms with Crippen LogP contribution in [0.3, 0.4) is 0 Å². The van der Waals surface area contributed by atoms with Crippen molar-refractivity contribution in [1.29, 1.82) is 0 Å². The van der Waals surface area contributed by atoms with Crippen LogP contribution in [0, 0.1) is 0 Å². The molecule has 5 nitrogen and oxygen atoms in total. The monoisotopic (exact) mass is 299 g/mol. The van der Waals surface area contributed by atoms with E-state index in [0.717, 1.165) is 12.0 Å². The first-order valence-corrected chi connectivity index (χ1v) is 6.27. The third kappa shape index (κ3) is 7.11. The number of halogens is 1. The summed E-state index contributed by atoms with van der Waals surface area (Å²) in [6.45, 7) is 3.68. The predicted molar refractivity (Wildman–Crippen MR) is 81.7 cm³/mol. The Morgan fingerprint density at radius 3 is 2.30 bits per heavy atom. The highest BCUT2D eigenvalue weighted by molar-refractivity contribution is 5.89. The van der Waals surface area contributed by atoms with Crippen LogP contribution in [0.1, 0.15) is 19.4 Å². The van der Waals surface area contributed by atoms with E-state index in [1.807, 2.05) is 30.3 Å². The molecule has 0 atom stereocenters. The Bertz CT molecular complexity index is 430. The molecule has 0 saturated carbocycles. The first-order valence-electron chi connectivity index (χ1n) is 6.27. The summed E-state index contributed by atoms with van der Waals surface area (Å²) < 4.78 is 0. The lowest BCUT2D eigenvalue weighted by Crippen LogP contribution is -2.51. The molecule has 0 aliphatic heterocycles. The van der Waals surface area contributed by atoms with Crippen LogP contribution in [0.4, 0.5) is 0 Å². The fourth-order valence-corrected chi connectivity index (χ4v) is 1.44. The van der Waals surface area contributed by atoms with Crippen molar-refractivity contribution in [2.24, 2.45) is 5.73 Å². The van der Waals surface area contributed by atoms with Gasteiger partial charge in [-0.15, -0.1) is 12.4 Å². The quantitative estimate of drug-likeness (QED) is 0.720. The average Bonchev–Trinajstić information content (AvgIpc) is 2.36. The summed E-state index contributed by atoms with van der Waals surface area (Å²) in [6.07, 6.45) is 0.767. The second-order valence-electron chi connectivity index (χ2n) is 4.99. The number of carbonyl (C=O) groups is 2. The molecule has 0 heterocycles. The zero-order valence-electron chi connectivity index (χ0n) is 11.8. The zero-order valence-corrected chi connectivity index (χ0v) is 12.6. The molecule has 0 saturated heterocycles. The Labute approximate surface area is 125 Å². The van der Waals surface area contributed by atoms with Gasteiger partial charge in [0.05, 0.1) is 12.1 Å². The molecule has 2 amide bonds. The lowest BCUT2D eigenvalue weighted by atomic mass is 10.1. The van der Waals surface area contributed by atoms with Crippen LogP contribution < -0.4 is 16.4 Å². The number of nitrogens with two attached hydrogens (primary N) is 1. The molecule has 0 aromatic heterocycles. The van der Waals surface area contributed by atoms with Gasteiger partial charge in [0.1, 0.15) is 0 Å². The van der Waals surface area contributed by atoms with Crippen molar-refractivity contribution in [2.45, 2.75) is 25.8 Å². The lowest BCUT2D eigenvalue weighted by molar-refractivity contribution is -0.128. The van der Waals surface area contributed by atoms with E-state index < -0.39 is 5.54 Å². The van der Waals surface area contributed by atoms with Crippen LogP contribution >= 0.6 is 12.4 Å². The molecule has 20 heavy (non-hydrogen) atoms. The number of amides is 2. The zero-order chi connectivity index (χ0) is 14.3. The molecular weight excluding hydrogens is 278 g/mol. The topological polar surface area (TPSA) is 84.2 Å². The second kappa shape index (κ2) is 8.55. The van der Waals surface area contributed by atoms with E-state index in [4.69, 9.17) is 5.73 Å². The van der Waals surface area contributed by atoms with E-state index in [2.05, 4.69) is 10.6 Å². The average molecular weight is 300 g/mol. The van der Waals surface area contributed by atoms with Crippen LogP contribution in [0.15, 0.2) is 30.3 Å². The standard InChI is InChI=1S/C14H21N3O2.ClH/c1-14(2,15)13(19)17-10-12(18)16-9-8-11-6-4-3-5-7-11;/h3-7H,8-10,15H2,1-2H3,(H,16,18)(H,17,19);1H. The van der Waals surface area contributed by atoms with Gasteiger partial charge in [0, 0.05) is 6.54 Å². The maximum Gasteiger partial charge on any atom is 0.239 e. The van der Waals surface area contributed by atoms with Gasteiger partial charge in [-0.25, -0.2) is 0 Å². The van der Waals surface area contributed by atoms with Crippen LogP contribution in [0.5, 0.6) is 0 Å². The fraction of sp³-hybridized carbons (Fsp3) is 0.429. The fourth-order valence-electron chi connectivity index (χ4n) is 1.44. The van der Waals surface area contributed by atoms with Gasteiger partial charge in [0.15, 0.2) is 0 Å². The van der Waals surface area contributed by atoms with E-state index in [1.165, 1.54) is 0 Å². The summed E-state index contributed by atoms with van der Waals surface area (Å²) in [5.41, 5.74) is 5.79. The Morgan fingerprint density at radius 1 is 1.15 bits per heavy atom. The summed E-state index contributed by atoms with van der Waals surface area (Å²) in [6, 6.07) is 9.88. The van der Waals surface area contributed by atoms with Crippen molar-refractivity contribution in [3.05, 3.63) is 35.9 Å². The Hall–Kier alpha value is -1.59. The number of benzene rings is 1. The number of hydrogen-bond acceptors (Lipinski definition) is 3. The van der Waals surface area contributed by atoms with Crippen molar-refractivity contribution in [2.75, 3.05) is 13.1 Å². The number of hydrogen-bond donors (Lipinski definition) is 3. The van der Waals surface area contributed by atoms with E-state index >= 15 is 0 Å². The molecule has 0 fully saturated rings. The summed E-state index contributed by atoms with van der Waals surface area (Å²) in [5, 5.41) is 5.24. The molecule has 0 bridgehead atoms. The van der Waals surface area contributed by atoms with Crippen molar-refractivity contribution in [3.63, 3.8) is 0 Å². The Balaban J connectivity index is 0.00000361. The minimum Gasteiger partial charge on any atom is -0.354 e. The molecule has 0 radical (unpaired) electrons. The SMILES string of the molecule is CC(C)(N)C(=O)NCC(=O)NCCc1ccccc1.Cl. The molecule has 112 valence electrons. The minimum absolute atomic E-state index is 0. The molecular formula is C14H22ClN3O2. The highest BCUT2D eigenvalue weighted by atomic mass is 35.5. The van der Waals surface area contributed by atoms with Gasteiger partial charge < -0.3 is 16.4 Å². The Kier molecular flexibility index (Phi) is 7.87. The van der Waals surface area contributed by atoms with Crippen molar-refractivity contribution >= 4 is 24.2 Å². The molecule has 0 unspecified atom stereocenters. The maximum absolute atomic E-state index is 11.5. The van der Waals surface area contributed by atoms with Crippen LogP contribution in [0.25, 0.3) is 0 Å². The van der Waals surface area contributed by atoms with Gasteiger partial charge in [-0.1, -0.05) is 30.3 Å². The summed E-state index contributed by atoms with van der Waals surface area (Å²) in [5.74, 6) is -0.556. The molecule has 1 rings (SSSR count). The molecule has 0 spiro atoms. The van der Waals surface area contributed by atoms with E-state index in [0.29, 0.717) is 6.54 Å². The predicted octanol–water partition coefficient (Wildman–Crippen LogP) is 0.621. The van der Waals surface area contributed by atoms with Gasteiger partial charge in [0.25, 0.3) is 0 Å². The van der Waals surface area contributed by atoms with Crippen LogP contribution in [0.2, 0.25) is 0 Å². The molecule has 1 aromatic carbocycles. The first kappa shape index (κ1) is 18.4. The molecule has 4 N–H and O–H groups in total. The van der Waals surface area contributed by atoms with Crippen LogP contribution in [-0.4, -0.2) is 30.4 Å². The Morgan fingerprint density at radius 2 is 1.75 bits per heavy atom. The highest BCUT2D eigenvalue weighted by Crippen LogP contribution is 1.98. The third-order valence-electron chi connectivity index (χ3n) is 2.57. The summed E-state index contributed by atoms with van der Waals surface area (Å²) in [4.78, 5) is 22.9.